The van der Waals surface area contributed by atoms with Crippen LogP contribution in [0.2, 0.25) is 0 Å². The molecule has 192 valence electrons. The molecular weight excluding hydrogens is 496 g/mol. The van der Waals surface area contributed by atoms with Gasteiger partial charge in [0.25, 0.3) is 5.91 Å². The van der Waals surface area contributed by atoms with Gasteiger partial charge in [0.2, 0.25) is 5.88 Å². The van der Waals surface area contributed by atoms with Crippen molar-refractivity contribution in [1.29, 1.82) is 5.26 Å². The number of aromatic nitrogens is 7. The highest BCUT2D eigenvalue weighted by Crippen LogP contribution is 2.21. The molecule has 3 N–H and O–H groups in total. The van der Waals surface area contributed by atoms with Crippen LogP contribution in [0.1, 0.15) is 27.4 Å². The first kappa shape index (κ1) is 25.0. The average Bonchev–Trinajstić information content (AvgIpc) is 3.43. The van der Waals surface area contributed by atoms with E-state index in [-0.39, 0.29) is 17.3 Å². The maximum Gasteiger partial charge on any atom is 0.270 e. The lowest BCUT2D eigenvalue weighted by Gasteiger charge is -2.08. The average molecular weight is 519 g/mol. The van der Waals surface area contributed by atoms with Gasteiger partial charge < -0.3 is 15.4 Å². The second kappa shape index (κ2) is 11.1. The Morgan fingerprint density at radius 2 is 1.85 bits per heavy atom. The lowest BCUT2D eigenvalue weighted by atomic mass is 10.1. The van der Waals surface area contributed by atoms with Crippen molar-refractivity contribution in [2.24, 2.45) is 0 Å². The van der Waals surface area contributed by atoms with E-state index in [0.29, 0.717) is 35.4 Å². The number of anilines is 2. The van der Waals surface area contributed by atoms with Crippen LogP contribution in [0.4, 0.5) is 11.6 Å². The maximum atomic E-state index is 12.7. The van der Waals surface area contributed by atoms with E-state index >= 15 is 0 Å². The lowest BCUT2D eigenvalue weighted by Crippen LogP contribution is -2.23. The number of nitrogens with one attached hydrogen (secondary N) is 3. The van der Waals surface area contributed by atoms with Crippen LogP contribution in [0, 0.1) is 18.3 Å². The summed E-state index contributed by atoms with van der Waals surface area (Å²) in [5.41, 5.74) is 4.38. The second-order valence-corrected chi connectivity index (χ2v) is 8.38. The number of aromatic amines is 1. The van der Waals surface area contributed by atoms with Crippen LogP contribution >= 0.6 is 0 Å². The van der Waals surface area contributed by atoms with Gasteiger partial charge in [0.15, 0.2) is 11.5 Å². The van der Waals surface area contributed by atoms with Gasteiger partial charge in [0, 0.05) is 60.2 Å². The zero-order valence-corrected chi connectivity index (χ0v) is 21.0. The molecule has 0 spiro atoms. The van der Waals surface area contributed by atoms with Crippen LogP contribution in [0.3, 0.4) is 0 Å². The molecule has 12 heteroatoms. The molecule has 0 aliphatic carbocycles. The predicted octanol–water partition coefficient (Wildman–Crippen LogP) is 3.58. The highest BCUT2D eigenvalue weighted by Gasteiger charge is 2.11. The SMILES string of the molecule is COc1ccc(-c2ccc(CNC(=O)c3ccc(-c4nc(C)cc(Nc5cc(C#N)n[nH]5)n4)cn3)cn2)cn1. The monoisotopic (exact) mass is 518 g/mol. The molecule has 0 saturated heterocycles. The van der Waals surface area contributed by atoms with Crippen molar-refractivity contribution in [2.75, 3.05) is 12.4 Å². The van der Waals surface area contributed by atoms with Crippen molar-refractivity contribution < 1.29 is 9.53 Å². The summed E-state index contributed by atoms with van der Waals surface area (Å²) in [5, 5.41) is 21.5. The minimum atomic E-state index is -0.315. The smallest absolute Gasteiger partial charge is 0.270 e. The van der Waals surface area contributed by atoms with Crippen molar-refractivity contribution in [3.63, 3.8) is 0 Å². The largest absolute Gasteiger partial charge is 0.481 e. The number of ether oxygens (including phenoxy) is 1. The van der Waals surface area contributed by atoms with E-state index in [1.54, 1.807) is 56.0 Å². The zero-order valence-electron chi connectivity index (χ0n) is 21.0. The Bertz CT molecular complexity index is 1640. The van der Waals surface area contributed by atoms with Gasteiger partial charge in [-0.1, -0.05) is 6.07 Å². The number of pyridine rings is 3. The summed E-state index contributed by atoms with van der Waals surface area (Å²) in [6, 6.07) is 16.1. The van der Waals surface area contributed by atoms with Gasteiger partial charge in [-0.25, -0.2) is 15.0 Å². The number of amides is 1. The normalized spacial score (nSPS) is 10.5. The van der Waals surface area contributed by atoms with Crippen molar-refractivity contribution in [3.05, 3.63) is 89.8 Å². The number of rotatable bonds is 8. The highest BCUT2D eigenvalue weighted by atomic mass is 16.5. The van der Waals surface area contributed by atoms with Crippen LogP contribution < -0.4 is 15.4 Å². The third kappa shape index (κ3) is 6.00. The number of nitriles is 1. The summed E-state index contributed by atoms with van der Waals surface area (Å²) in [4.78, 5) is 34.6. The quantitative estimate of drug-likeness (QED) is 0.276. The van der Waals surface area contributed by atoms with Crippen LogP contribution in [0.25, 0.3) is 22.6 Å². The maximum absolute atomic E-state index is 12.7. The molecule has 0 atom stereocenters. The van der Waals surface area contributed by atoms with Crippen molar-refractivity contribution in [1.82, 2.24) is 40.4 Å². The first-order chi connectivity index (χ1) is 19.0. The summed E-state index contributed by atoms with van der Waals surface area (Å²) >= 11 is 0. The second-order valence-electron chi connectivity index (χ2n) is 8.38. The molecule has 12 nitrogen and oxygen atoms in total. The number of H-pyrrole nitrogens is 1. The standard InChI is InChI=1S/C27H22N10O2/c1-16-9-23(34-24-10-20(11-28)36-37-24)35-26(33-16)19-4-7-22(30-15-19)27(38)32-13-17-3-6-21(29-12-17)18-5-8-25(39-2)31-14-18/h3-10,12,14-15H,13H2,1-2H3,(H,32,38)(H2,33,34,35,36,37). The minimum Gasteiger partial charge on any atom is -0.481 e. The van der Waals surface area contributed by atoms with Crippen molar-refractivity contribution >= 4 is 17.5 Å². The molecule has 5 aromatic rings. The summed E-state index contributed by atoms with van der Waals surface area (Å²) in [6.45, 7) is 2.14. The first-order valence-electron chi connectivity index (χ1n) is 11.8. The Kier molecular flexibility index (Phi) is 7.13. The van der Waals surface area contributed by atoms with Crippen LogP contribution in [-0.4, -0.2) is 48.1 Å². The third-order valence-corrected chi connectivity index (χ3v) is 5.58. The number of carbonyl (C=O) groups excluding carboxylic acids is 1. The Labute approximate surface area is 223 Å². The lowest BCUT2D eigenvalue weighted by molar-refractivity contribution is 0.0946. The van der Waals surface area contributed by atoms with Gasteiger partial charge in [0.05, 0.1) is 12.8 Å². The fourth-order valence-corrected chi connectivity index (χ4v) is 3.63. The van der Waals surface area contributed by atoms with Crippen molar-refractivity contribution in [2.45, 2.75) is 13.5 Å². The Morgan fingerprint density at radius 1 is 1.00 bits per heavy atom. The summed E-state index contributed by atoms with van der Waals surface area (Å²) in [5.74, 6) is 1.72. The Balaban J connectivity index is 1.21. The number of carbonyl (C=O) groups is 1. The molecule has 0 aliphatic rings. The van der Waals surface area contributed by atoms with Gasteiger partial charge in [-0.2, -0.15) is 10.4 Å². The molecule has 0 aliphatic heterocycles. The first-order valence-corrected chi connectivity index (χ1v) is 11.8. The van der Waals surface area contributed by atoms with Gasteiger partial charge >= 0.3 is 0 Å². The van der Waals surface area contributed by atoms with Gasteiger partial charge in [-0.05, 0) is 36.8 Å². The van der Waals surface area contributed by atoms with Gasteiger partial charge in [-0.15, -0.1) is 0 Å². The van der Waals surface area contributed by atoms with E-state index in [0.717, 1.165) is 22.5 Å². The molecule has 0 unspecified atom stereocenters. The molecule has 5 rings (SSSR count). The third-order valence-electron chi connectivity index (χ3n) is 5.58. The summed E-state index contributed by atoms with van der Waals surface area (Å²) < 4.78 is 5.08. The molecule has 0 saturated carbocycles. The van der Waals surface area contributed by atoms with Gasteiger partial charge in [0.1, 0.15) is 23.4 Å². The van der Waals surface area contributed by atoms with Crippen LogP contribution in [0.5, 0.6) is 5.88 Å². The molecule has 39 heavy (non-hydrogen) atoms. The number of aryl methyl sites for hydroxylation is 1. The molecule has 0 aromatic carbocycles. The molecule has 0 radical (unpaired) electrons. The van der Waals surface area contributed by atoms with E-state index < -0.39 is 0 Å². The molecule has 5 heterocycles. The van der Waals surface area contributed by atoms with E-state index in [2.05, 4.69) is 45.8 Å². The number of hydrogen-bond acceptors (Lipinski definition) is 10. The highest BCUT2D eigenvalue weighted by molar-refractivity contribution is 5.92. The van der Waals surface area contributed by atoms with Crippen LogP contribution in [0.15, 0.2) is 67.1 Å². The number of hydrogen-bond donors (Lipinski definition) is 3. The molecule has 5 aromatic heterocycles. The fourth-order valence-electron chi connectivity index (χ4n) is 3.63. The van der Waals surface area contributed by atoms with E-state index in [1.165, 1.54) is 0 Å². The minimum absolute atomic E-state index is 0.264. The summed E-state index contributed by atoms with van der Waals surface area (Å²) in [7, 11) is 1.57. The van der Waals surface area contributed by atoms with Crippen LogP contribution in [-0.2, 0) is 6.54 Å². The molecule has 0 fully saturated rings. The zero-order chi connectivity index (χ0) is 27.2. The Morgan fingerprint density at radius 3 is 2.51 bits per heavy atom. The molecular formula is C27H22N10O2. The van der Waals surface area contributed by atoms with Crippen molar-refractivity contribution in [3.8, 4) is 34.6 Å². The number of nitrogens with zero attached hydrogens (tertiary/aromatic N) is 7. The van der Waals surface area contributed by atoms with E-state index in [9.17, 15) is 4.79 Å². The van der Waals surface area contributed by atoms with E-state index in [1.807, 2.05) is 31.2 Å². The topological polar surface area (TPSA) is 167 Å². The Hall–Kier alpha value is -5.70. The molecule has 1 amide bonds. The number of methoxy groups -OCH3 is 1. The predicted molar refractivity (Wildman–Crippen MR) is 142 cm³/mol. The van der Waals surface area contributed by atoms with E-state index in [4.69, 9.17) is 10.00 Å². The van der Waals surface area contributed by atoms with Gasteiger partial charge in [-0.3, -0.25) is 19.9 Å². The fraction of sp³-hybridized carbons (Fsp3) is 0.111. The molecule has 0 bridgehead atoms. The summed E-state index contributed by atoms with van der Waals surface area (Å²) in [6.07, 6.45) is 4.96.